The van der Waals surface area contributed by atoms with Crippen LogP contribution < -0.4 is 9.80 Å². The van der Waals surface area contributed by atoms with Gasteiger partial charge in [-0.3, -0.25) is 10.2 Å². The fourth-order valence-electron chi connectivity index (χ4n) is 7.97. The number of thiol groups is 1. The van der Waals surface area contributed by atoms with Crippen LogP contribution in [0.1, 0.15) is 41.5 Å². The Morgan fingerprint density at radius 3 is 1.67 bits per heavy atom. The van der Waals surface area contributed by atoms with Crippen LogP contribution >= 0.6 is 47.0 Å². The smallest absolute Gasteiger partial charge is 0.410 e. The first-order chi connectivity index (χ1) is 32.1. The Morgan fingerprint density at radius 2 is 1.09 bits per heavy atom. The van der Waals surface area contributed by atoms with Crippen LogP contribution in [0.2, 0.25) is 0 Å². The van der Waals surface area contributed by atoms with Gasteiger partial charge in [0.1, 0.15) is 19.9 Å². The molecule has 15 heteroatoms. The molecule has 0 atom stereocenters. The number of carbonyl (C=O) groups is 2. The number of nitrogens with one attached hydrogen (secondary N) is 2. The average molecular weight is 1050 g/mol. The van der Waals surface area contributed by atoms with E-state index in [4.69, 9.17) is 9.47 Å². The zero-order valence-electron chi connectivity index (χ0n) is 38.8. The maximum absolute atomic E-state index is 12.3. The van der Waals surface area contributed by atoms with Gasteiger partial charge in [-0.05, 0) is 134 Å². The molecule has 4 heterocycles. The quantitative estimate of drug-likeness (QED) is 0.117. The molecule has 2 fully saturated rings. The van der Waals surface area contributed by atoms with Crippen molar-refractivity contribution >= 4 is 114 Å². The maximum Gasteiger partial charge on any atom is 0.410 e. The fraction of sp³-hybridized carbons (Fsp3) is 0.308. The van der Waals surface area contributed by atoms with Crippen LogP contribution in [0, 0.1) is 3.70 Å². The second-order valence-electron chi connectivity index (χ2n) is 18.5. The van der Waals surface area contributed by atoms with Gasteiger partial charge in [0.15, 0.2) is 0 Å². The first-order valence-corrected chi connectivity index (χ1v) is 24.8. The highest BCUT2D eigenvalue weighted by Crippen LogP contribution is 2.37. The molecule has 67 heavy (non-hydrogen) atoms. The van der Waals surface area contributed by atoms with Crippen LogP contribution in [0.3, 0.4) is 0 Å². The van der Waals surface area contributed by atoms with Gasteiger partial charge < -0.3 is 29.1 Å². The molecule has 2 N–H and O–H groups in total. The maximum atomic E-state index is 12.3. The second-order valence-corrected chi connectivity index (χ2v) is 21.1. The van der Waals surface area contributed by atoms with Crippen molar-refractivity contribution in [3.05, 3.63) is 125 Å². The summed E-state index contributed by atoms with van der Waals surface area (Å²) in [4.78, 5) is 34.8. The number of fused-ring (bicyclic) bond motifs is 4. The predicted octanol–water partition coefficient (Wildman–Crippen LogP) is 12.3. The molecule has 0 aliphatic carbocycles. The summed E-state index contributed by atoms with van der Waals surface area (Å²) < 4.78 is 12.0. The van der Waals surface area contributed by atoms with E-state index in [1.807, 2.05) is 65.8 Å². The first-order valence-electron chi connectivity index (χ1n) is 22.5. The first kappa shape index (κ1) is 47.8. The van der Waals surface area contributed by atoms with E-state index in [0.29, 0.717) is 26.2 Å². The summed E-state index contributed by atoms with van der Waals surface area (Å²) in [5, 5.41) is 23.3. The minimum absolute atomic E-state index is 0.227. The molecule has 6 aromatic carbocycles. The van der Waals surface area contributed by atoms with Crippen molar-refractivity contribution in [2.45, 2.75) is 67.6 Å². The number of anilines is 2. The molecular formula is C52H57IN8O4S2. The number of halogens is 1. The molecule has 2 aliphatic heterocycles. The van der Waals surface area contributed by atoms with Crippen molar-refractivity contribution in [3.63, 3.8) is 0 Å². The molecule has 0 saturated carbocycles. The van der Waals surface area contributed by atoms with E-state index in [2.05, 4.69) is 162 Å². The van der Waals surface area contributed by atoms with Crippen LogP contribution in [0.5, 0.6) is 0 Å². The van der Waals surface area contributed by atoms with Gasteiger partial charge in [0.2, 0.25) is 0 Å². The molecule has 0 radical (unpaired) electrons. The molecular weight excluding hydrogens is 992 g/mol. The molecule has 0 unspecified atom stereocenters. The van der Waals surface area contributed by atoms with E-state index in [0.717, 1.165) is 73.0 Å². The van der Waals surface area contributed by atoms with Crippen molar-refractivity contribution in [1.29, 1.82) is 0 Å². The lowest BCUT2D eigenvalue weighted by Gasteiger charge is -2.36. The van der Waals surface area contributed by atoms with E-state index in [9.17, 15) is 9.59 Å². The molecule has 2 aromatic heterocycles. The van der Waals surface area contributed by atoms with Crippen LogP contribution in [-0.4, -0.2) is 106 Å². The number of rotatable bonds is 4. The van der Waals surface area contributed by atoms with Gasteiger partial charge in [-0.15, -0.1) is 12.6 Å². The van der Waals surface area contributed by atoms with Gasteiger partial charge in [0, 0.05) is 84.3 Å². The highest BCUT2D eigenvalue weighted by molar-refractivity contribution is 14.1. The Balaban J connectivity index is 0.000000154. The van der Waals surface area contributed by atoms with Gasteiger partial charge in [-0.2, -0.15) is 10.2 Å². The molecule has 348 valence electrons. The van der Waals surface area contributed by atoms with Gasteiger partial charge in [0.25, 0.3) is 0 Å². The summed E-state index contributed by atoms with van der Waals surface area (Å²) in [6, 6.07) is 41.9. The number of benzene rings is 6. The lowest BCUT2D eigenvalue weighted by atomic mass is 10.1. The predicted molar refractivity (Wildman–Crippen MR) is 284 cm³/mol. The van der Waals surface area contributed by atoms with Gasteiger partial charge >= 0.3 is 12.2 Å². The van der Waals surface area contributed by atoms with E-state index in [-0.39, 0.29) is 12.2 Å². The summed E-state index contributed by atoms with van der Waals surface area (Å²) >= 11 is 8.29. The zero-order chi connectivity index (χ0) is 47.3. The summed E-state index contributed by atoms with van der Waals surface area (Å²) in [5.74, 6) is 0. The van der Waals surface area contributed by atoms with Crippen LogP contribution in [0.25, 0.3) is 43.4 Å². The summed E-state index contributed by atoms with van der Waals surface area (Å²) in [7, 11) is 0. The Morgan fingerprint density at radius 1 is 0.582 bits per heavy atom. The molecule has 2 amide bonds. The Hall–Kier alpha value is -5.65. The molecule has 10 rings (SSSR count). The standard InChI is InChI=1S/C26H28N4O2S.C16H21IN4O2.C10H8S/c1-26(2,3)32-25(31)30-15-13-29(14-16-30)19-11-12-21-22(17-19)27-28-24(21)33-23-10-6-8-18-7-4-5-9-20(18)23;1-16(2,3)23-15(22)21-8-6-20(7-9-21)11-4-5-12-13(10-11)18-19-14(12)17;11-10-7-3-5-8-4-1-2-6-9(8)10/h4-12,17H,13-16H2,1-3H3,(H,27,28);4-5,10H,6-9H2,1-3H3,(H,18,19);1-7,11H. The third-order valence-electron chi connectivity index (χ3n) is 11.3. The van der Waals surface area contributed by atoms with Gasteiger partial charge in [0.05, 0.1) is 11.0 Å². The number of aromatic amines is 2. The Bertz CT molecular complexity index is 2990. The van der Waals surface area contributed by atoms with Crippen molar-refractivity contribution in [2.24, 2.45) is 0 Å². The number of hydrogen-bond donors (Lipinski definition) is 3. The number of carbonyl (C=O) groups excluding carboxylic acids is 2. The summed E-state index contributed by atoms with van der Waals surface area (Å²) in [6.07, 6.45) is -0.462. The summed E-state index contributed by atoms with van der Waals surface area (Å²) in [6.45, 7) is 17.2. The molecule has 2 aliphatic rings. The molecule has 2 saturated heterocycles. The zero-order valence-corrected chi connectivity index (χ0v) is 42.6. The largest absolute Gasteiger partial charge is 0.444 e. The minimum atomic E-state index is -0.471. The van der Waals surface area contributed by atoms with E-state index in [1.54, 1.807) is 21.6 Å². The Labute approximate surface area is 415 Å². The number of hydrogen-bond acceptors (Lipinski definition) is 10. The van der Waals surface area contributed by atoms with Crippen molar-refractivity contribution in [3.8, 4) is 0 Å². The van der Waals surface area contributed by atoms with Crippen molar-refractivity contribution in [2.75, 3.05) is 62.2 Å². The topological polar surface area (TPSA) is 123 Å². The molecule has 12 nitrogen and oxygen atoms in total. The third kappa shape index (κ3) is 12.1. The SMILES string of the molecule is CC(C)(C)OC(=O)N1CCN(c2ccc3c(I)[nH]nc3c2)CC1.CC(C)(C)OC(=O)N1CCN(c2ccc3c(Sc4cccc5ccccc45)n[nH]c3c2)CC1.Sc1cccc2ccccc12. The van der Waals surface area contributed by atoms with Crippen molar-refractivity contribution in [1.82, 2.24) is 30.2 Å². The number of ether oxygens (including phenoxy) is 2. The minimum Gasteiger partial charge on any atom is -0.444 e. The van der Waals surface area contributed by atoms with Crippen LogP contribution in [0.15, 0.2) is 136 Å². The number of amides is 2. The van der Waals surface area contributed by atoms with Crippen LogP contribution in [-0.2, 0) is 9.47 Å². The van der Waals surface area contributed by atoms with E-state index >= 15 is 0 Å². The fourth-order valence-corrected chi connectivity index (χ4v) is 9.86. The van der Waals surface area contributed by atoms with E-state index < -0.39 is 11.2 Å². The molecule has 8 aromatic rings. The summed E-state index contributed by atoms with van der Waals surface area (Å²) in [5.41, 5.74) is 3.35. The van der Waals surface area contributed by atoms with Crippen LogP contribution in [0.4, 0.5) is 21.0 Å². The highest BCUT2D eigenvalue weighted by Gasteiger charge is 2.28. The van der Waals surface area contributed by atoms with Gasteiger partial charge in [-0.1, -0.05) is 84.6 Å². The average Bonchev–Trinajstić information content (AvgIpc) is 3.90. The number of nitrogens with zero attached hydrogens (tertiary/aromatic N) is 6. The number of H-pyrrole nitrogens is 2. The number of piperazine rings is 2. The molecule has 0 bridgehead atoms. The van der Waals surface area contributed by atoms with Crippen molar-refractivity contribution < 1.29 is 19.1 Å². The third-order valence-corrected chi connectivity index (χ3v) is 13.6. The van der Waals surface area contributed by atoms with Gasteiger partial charge in [-0.25, -0.2) is 9.59 Å². The lowest BCUT2D eigenvalue weighted by molar-refractivity contribution is 0.0230. The van der Waals surface area contributed by atoms with E-state index in [1.165, 1.54) is 26.4 Å². The lowest BCUT2D eigenvalue weighted by Crippen LogP contribution is -2.50. The molecule has 0 spiro atoms. The normalized spacial score (nSPS) is 14.4. The number of aromatic nitrogens is 4. The monoisotopic (exact) mass is 1050 g/mol. The Kier molecular flexibility index (Phi) is 14.8. The second kappa shape index (κ2) is 20.7. The highest BCUT2D eigenvalue weighted by atomic mass is 127.